The van der Waals surface area contributed by atoms with Gasteiger partial charge in [0.05, 0.1) is 28.7 Å². The van der Waals surface area contributed by atoms with E-state index in [-0.39, 0.29) is 17.9 Å². The maximum Gasteiger partial charge on any atom is 0.416 e. The van der Waals surface area contributed by atoms with Crippen LogP contribution in [0.3, 0.4) is 0 Å². The Kier molecular flexibility index (Phi) is 4.55. The molecule has 2 aromatic rings. The van der Waals surface area contributed by atoms with Gasteiger partial charge in [0.1, 0.15) is 28.1 Å². The number of rotatable bonds is 0. The van der Waals surface area contributed by atoms with Crippen molar-refractivity contribution in [2.75, 3.05) is 17.2 Å². The summed E-state index contributed by atoms with van der Waals surface area (Å²) in [7, 11) is 0. The Morgan fingerprint density at radius 1 is 1.31 bits per heavy atom. The highest BCUT2D eigenvalue weighted by molar-refractivity contribution is 6.36. The third-order valence-corrected chi connectivity index (χ3v) is 4.93. The summed E-state index contributed by atoms with van der Waals surface area (Å²) in [5, 5.41) is 8.58. The number of halogens is 3. The molecule has 1 aliphatic rings. The van der Waals surface area contributed by atoms with Gasteiger partial charge in [-0.3, -0.25) is 9.69 Å². The zero-order valence-corrected chi connectivity index (χ0v) is 17.2. The lowest BCUT2D eigenvalue weighted by atomic mass is 10.0. The first-order chi connectivity index (χ1) is 13.2. The molecule has 1 aliphatic heterocycles. The van der Waals surface area contributed by atoms with Crippen molar-refractivity contribution in [2.24, 2.45) is 0 Å². The van der Waals surface area contributed by atoms with E-state index in [2.05, 4.69) is 0 Å². The number of nitrogen functional groups attached to an aromatic ring is 1. The number of anilines is 2. The second-order valence-corrected chi connectivity index (χ2v) is 8.81. The summed E-state index contributed by atoms with van der Waals surface area (Å²) in [5.41, 5.74) is 1.58. The molecule has 0 saturated heterocycles. The summed E-state index contributed by atoms with van der Waals surface area (Å²) in [4.78, 5) is 26.9. The first-order valence-electron chi connectivity index (χ1n) is 8.68. The van der Waals surface area contributed by atoms with E-state index in [9.17, 15) is 23.6 Å². The first-order valence-corrected chi connectivity index (χ1v) is 9.06. The van der Waals surface area contributed by atoms with Gasteiger partial charge in [-0.1, -0.05) is 11.6 Å². The highest BCUT2D eigenvalue weighted by atomic mass is 35.5. The summed E-state index contributed by atoms with van der Waals surface area (Å²) in [6.07, 6.45) is -0.793. The third-order valence-electron chi connectivity index (χ3n) is 4.58. The number of benzene rings is 1. The normalized spacial score (nSPS) is 15.3. The molecule has 1 aromatic carbocycles. The first kappa shape index (κ1) is 20.9. The number of hydrogen-bond donors (Lipinski definition) is 1. The lowest BCUT2D eigenvalue weighted by Crippen LogP contribution is -2.39. The van der Waals surface area contributed by atoms with Crippen LogP contribution in [0.15, 0.2) is 4.79 Å². The fourth-order valence-electron chi connectivity index (χ4n) is 3.50. The van der Waals surface area contributed by atoms with Crippen LogP contribution in [0.1, 0.15) is 40.2 Å². The predicted molar refractivity (Wildman–Crippen MR) is 105 cm³/mol. The molecule has 0 spiro atoms. The highest BCUT2D eigenvalue weighted by Crippen LogP contribution is 2.43. The molecular weight excluding hydrogens is 406 g/mol. The fraction of sp³-hybridized carbons (Fsp3) is 0.421. The number of hydrogen-bond acceptors (Lipinski definition) is 5. The van der Waals surface area contributed by atoms with Gasteiger partial charge in [-0.2, -0.15) is 5.26 Å². The van der Waals surface area contributed by atoms with E-state index in [0.29, 0.717) is 0 Å². The maximum absolute atomic E-state index is 14.4. The number of carbonyl (C=O) groups is 1. The number of fused-ring (bicyclic) bond motifs is 3. The molecule has 154 valence electrons. The van der Waals surface area contributed by atoms with Gasteiger partial charge in [0.25, 0.3) is 0 Å². The van der Waals surface area contributed by atoms with E-state index in [1.165, 1.54) is 4.57 Å². The predicted octanol–water partition coefficient (Wildman–Crippen LogP) is 3.88. The molecule has 3 rings (SSSR count). The Morgan fingerprint density at radius 3 is 2.41 bits per heavy atom. The SMILES string of the molecule is CC(C)(C)OC(=O)N1CC(C)(C)n2c1c(C#N)c(=O)c1c(N)c(F)c(F)c(Cl)c12. The maximum atomic E-state index is 14.4. The van der Waals surface area contributed by atoms with Crippen molar-refractivity contribution >= 4 is 40.1 Å². The molecule has 29 heavy (non-hydrogen) atoms. The van der Waals surface area contributed by atoms with Crippen LogP contribution < -0.4 is 16.1 Å². The average molecular weight is 425 g/mol. The van der Waals surface area contributed by atoms with E-state index < -0.39 is 56.0 Å². The van der Waals surface area contributed by atoms with Crippen molar-refractivity contribution in [2.45, 2.75) is 45.8 Å². The smallest absolute Gasteiger partial charge is 0.416 e. The summed E-state index contributed by atoms with van der Waals surface area (Å²) in [6, 6.07) is 1.76. The molecule has 0 fully saturated rings. The Bertz CT molecular complexity index is 1180. The Morgan fingerprint density at radius 2 is 1.90 bits per heavy atom. The van der Waals surface area contributed by atoms with Gasteiger partial charge >= 0.3 is 6.09 Å². The van der Waals surface area contributed by atoms with Crippen LogP contribution in [0.4, 0.5) is 25.1 Å². The van der Waals surface area contributed by atoms with E-state index in [4.69, 9.17) is 22.1 Å². The Hall–Kier alpha value is -2.86. The number of ether oxygens (including phenoxy) is 1. The number of pyridine rings is 1. The van der Waals surface area contributed by atoms with E-state index in [1.807, 2.05) is 0 Å². The molecule has 0 radical (unpaired) electrons. The van der Waals surface area contributed by atoms with E-state index >= 15 is 0 Å². The van der Waals surface area contributed by atoms with Gasteiger partial charge in [0.15, 0.2) is 11.6 Å². The molecular formula is C19H19ClF2N4O3. The fourth-order valence-corrected chi connectivity index (χ4v) is 3.76. The molecule has 0 aliphatic carbocycles. The van der Waals surface area contributed by atoms with Gasteiger partial charge in [-0.15, -0.1) is 0 Å². The van der Waals surface area contributed by atoms with Gasteiger partial charge in [-0.05, 0) is 34.6 Å². The molecule has 0 bridgehead atoms. The van der Waals surface area contributed by atoms with Crippen molar-refractivity contribution in [3.8, 4) is 6.07 Å². The molecule has 0 unspecified atom stereocenters. The van der Waals surface area contributed by atoms with E-state index in [1.54, 1.807) is 40.7 Å². The third kappa shape index (κ3) is 2.99. The van der Waals surface area contributed by atoms with Crippen LogP contribution in [0.2, 0.25) is 5.02 Å². The molecule has 2 N–H and O–H groups in total. The van der Waals surface area contributed by atoms with Crippen molar-refractivity contribution in [1.29, 1.82) is 5.26 Å². The average Bonchev–Trinajstić information content (AvgIpc) is 2.87. The minimum Gasteiger partial charge on any atom is -0.443 e. The summed E-state index contributed by atoms with van der Waals surface area (Å²) < 4.78 is 35.3. The molecule has 0 atom stereocenters. The number of nitriles is 1. The molecule has 2 heterocycles. The quantitative estimate of drug-likeness (QED) is 0.511. The minimum absolute atomic E-state index is 0.00434. The van der Waals surface area contributed by atoms with Crippen LogP contribution in [-0.2, 0) is 10.3 Å². The summed E-state index contributed by atoms with van der Waals surface area (Å²) in [6.45, 7) is 8.39. The second kappa shape index (κ2) is 6.32. The van der Waals surface area contributed by atoms with Crippen LogP contribution in [0.25, 0.3) is 10.9 Å². The molecule has 0 saturated carbocycles. The molecule has 10 heteroatoms. The molecule has 1 amide bonds. The second-order valence-electron chi connectivity index (χ2n) is 8.43. The summed E-state index contributed by atoms with van der Waals surface area (Å²) in [5.74, 6) is -2.98. The van der Waals surface area contributed by atoms with Gasteiger partial charge < -0.3 is 15.0 Å². The monoisotopic (exact) mass is 424 g/mol. The van der Waals surface area contributed by atoms with Gasteiger partial charge in [-0.25, -0.2) is 13.6 Å². The zero-order valence-electron chi connectivity index (χ0n) is 16.5. The number of amides is 1. The van der Waals surface area contributed by atoms with Gasteiger partial charge in [0.2, 0.25) is 5.43 Å². The topological polar surface area (TPSA) is 101 Å². The number of nitrogens with two attached hydrogens (primary N) is 1. The van der Waals surface area contributed by atoms with Crippen LogP contribution in [0.5, 0.6) is 0 Å². The lowest BCUT2D eigenvalue weighted by Gasteiger charge is -2.25. The van der Waals surface area contributed by atoms with Crippen molar-refractivity contribution in [3.63, 3.8) is 0 Å². The lowest BCUT2D eigenvalue weighted by molar-refractivity contribution is 0.0579. The minimum atomic E-state index is -1.47. The van der Waals surface area contributed by atoms with Crippen molar-refractivity contribution < 1.29 is 18.3 Å². The van der Waals surface area contributed by atoms with E-state index in [0.717, 1.165) is 4.90 Å². The van der Waals surface area contributed by atoms with Crippen molar-refractivity contribution in [1.82, 2.24) is 4.57 Å². The van der Waals surface area contributed by atoms with Crippen LogP contribution >= 0.6 is 11.6 Å². The van der Waals surface area contributed by atoms with Crippen LogP contribution in [0, 0.1) is 23.0 Å². The number of nitrogens with zero attached hydrogens (tertiary/aromatic N) is 3. The number of aromatic nitrogens is 1. The van der Waals surface area contributed by atoms with Crippen LogP contribution in [-0.4, -0.2) is 22.8 Å². The van der Waals surface area contributed by atoms with Crippen molar-refractivity contribution in [3.05, 3.63) is 32.4 Å². The van der Waals surface area contributed by atoms with Gasteiger partial charge in [0, 0.05) is 0 Å². The zero-order chi connectivity index (χ0) is 22.0. The highest BCUT2D eigenvalue weighted by Gasteiger charge is 2.44. The summed E-state index contributed by atoms with van der Waals surface area (Å²) >= 11 is 6.07. The Labute approximate surface area is 170 Å². The largest absolute Gasteiger partial charge is 0.443 e. The molecule has 1 aromatic heterocycles. The Balaban J connectivity index is 2.51. The standard InChI is InChI=1S/C19H19ClF2N4O3/c1-18(2,3)29-17(28)25-7-19(4,5)26-14-9(15(27)8(6-23)16(25)26)13(24)12(22)11(21)10(14)20/h7,24H2,1-5H3. The number of carbonyl (C=O) groups excluding carboxylic acids is 1. The molecule has 7 nitrogen and oxygen atoms in total.